The lowest BCUT2D eigenvalue weighted by Crippen LogP contribution is -2.43. The Morgan fingerprint density at radius 2 is 1.83 bits per heavy atom. The first kappa shape index (κ1) is 22.9. The molecule has 1 atom stereocenters. The number of thioether (sulfide) groups is 1. The van der Waals surface area contributed by atoms with Crippen molar-refractivity contribution in [2.75, 3.05) is 20.8 Å². The molecule has 1 fully saturated rings. The number of rotatable bonds is 9. The molecule has 1 aliphatic rings. The first-order valence-corrected chi connectivity index (χ1v) is 9.55. The van der Waals surface area contributed by atoms with Crippen molar-refractivity contribution in [1.29, 1.82) is 0 Å². The van der Waals surface area contributed by atoms with Gasteiger partial charge in [0.2, 0.25) is 0 Å². The quantitative estimate of drug-likeness (QED) is 0.429. The van der Waals surface area contributed by atoms with Gasteiger partial charge in [-0.15, -0.1) is 0 Å². The predicted molar refractivity (Wildman–Crippen MR) is 106 cm³/mol. The SMILES string of the molecule is COC(=O)CC[C@@H](NC(=O)COc1ccc(/C=C2\SC(=O)NC2=O)cc1)C(=O)OC. The standard InChI is InChI=1S/C19H20N2O8S/c1-27-16(23)8-7-13(18(25)28-2)20-15(22)10-29-12-5-3-11(4-6-12)9-14-17(24)21-19(26)30-14/h3-6,9,13H,7-8,10H2,1-2H3,(H,20,22)(H,21,24,26)/b14-9-/t13-/m1/s1. The Kier molecular flexibility index (Phi) is 8.41. The molecule has 2 rings (SSSR count). The van der Waals surface area contributed by atoms with Gasteiger partial charge in [0.25, 0.3) is 17.1 Å². The summed E-state index contributed by atoms with van der Waals surface area (Å²) in [5.74, 6) is -1.83. The second kappa shape index (κ2) is 11.0. The van der Waals surface area contributed by atoms with Crippen LogP contribution in [0.15, 0.2) is 29.2 Å². The minimum atomic E-state index is -1.00. The van der Waals surface area contributed by atoms with Crippen molar-refractivity contribution in [2.45, 2.75) is 18.9 Å². The summed E-state index contributed by atoms with van der Waals surface area (Å²) in [6, 6.07) is 5.49. The zero-order valence-corrected chi connectivity index (χ0v) is 17.1. The molecule has 1 saturated heterocycles. The number of carbonyl (C=O) groups excluding carboxylic acids is 5. The van der Waals surface area contributed by atoms with Crippen molar-refractivity contribution in [3.8, 4) is 5.75 Å². The van der Waals surface area contributed by atoms with Gasteiger partial charge in [0.05, 0.1) is 19.1 Å². The summed E-state index contributed by atoms with van der Waals surface area (Å²) in [5.41, 5.74) is 0.674. The molecule has 0 radical (unpaired) electrons. The van der Waals surface area contributed by atoms with Gasteiger partial charge in [-0.1, -0.05) is 12.1 Å². The number of nitrogens with one attached hydrogen (secondary N) is 2. The minimum Gasteiger partial charge on any atom is -0.484 e. The largest absolute Gasteiger partial charge is 0.484 e. The number of esters is 2. The maximum absolute atomic E-state index is 12.1. The molecule has 1 aromatic rings. The van der Waals surface area contributed by atoms with Crippen LogP contribution >= 0.6 is 11.8 Å². The third-order valence-corrected chi connectivity index (χ3v) is 4.69. The Balaban J connectivity index is 1.87. The monoisotopic (exact) mass is 436 g/mol. The van der Waals surface area contributed by atoms with Crippen LogP contribution in [0.1, 0.15) is 18.4 Å². The molecular formula is C19H20N2O8S. The second-order valence-electron chi connectivity index (χ2n) is 5.97. The fraction of sp³-hybridized carbons (Fsp3) is 0.316. The summed E-state index contributed by atoms with van der Waals surface area (Å²) in [5, 5.41) is 4.20. The van der Waals surface area contributed by atoms with E-state index in [4.69, 9.17) is 4.74 Å². The number of hydrogen-bond acceptors (Lipinski definition) is 9. The Labute approximate surface area is 176 Å². The van der Waals surface area contributed by atoms with Gasteiger partial charge in [-0.05, 0) is 42.0 Å². The van der Waals surface area contributed by atoms with Crippen LogP contribution in [0, 0.1) is 0 Å². The number of hydrogen-bond donors (Lipinski definition) is 2. The van der Waals surface area contributed by atoms with Crippen molar-refractivity contribution in [3.05, 3.63) is 34.7 Å². The van der Waals surface area contributed by atoms with Crippen LogP contribution in [-0.4, -0.2) is 55.9 Å². The van der Waals surface area contributed by atoms with Crippen LogP contribution in [0.4, 0.5) is 4.79 Å². The predicted octanol–water partition coefficient (Wildman–Crippen LogP) is 1.00. The molecule has 30 heavy (non-hydrogen) atoms. The summed E-state index contributed by atoms with van der Waals surface area (Å²) < 4.78 is 14.5. The number of carbonyl (C=O) groups is 5. The van der Waals surface area contributed by atoms with Gasteiger partial charge in [-0.2, -0.15) is 0 Å². The molecule has 0 aliphatic carbocycles. The lowest BCUT2D eigenvalue weighted by molar-refractivity contribution is -0.146. The molecule has 0 bridgehead atoms. The summed E-state index contributed by atoms with van der Waals surface area (Å²) >= 11 is 0.814. The number of imide groups is 1. The van der Waals surface area contributed by atoms with Gasteiger partial charge in [-0.25, -0.2) is 4.79 Å². The van der Waals surface area contributed by atoms with Crippen molar-refractivity contribution in [1.82, 2.24) is 10.6 Å². The summed E-state index contributed by atoms with van der Waals surface area (Å²) in [4.78, 5) is 58.1. The Morgan fingerprint density at radius 3 is 2.40 bits per heavy atom. The van der Waals surface area contributed by atoms with Crippen LogP contribution in [0.3, 0.4) is 0 Å². The highest BCUT2D eigenvalue weighted by Crippen LogP contribution is 2.26. The molecule has 0 spiro atoms. The fourth-order valence-corrected chi connectivity index (χ4v) is 3.06. The van der Waals surface area contributed by atoms with E-state index < -0.39 is 35.0 Å². The van der Waals surface area contributed by atoms with E-state index in [9.17, 15) is 24.0 Å². The third-order valence-electron chi connectivity index (χ3n) is 3.88. The van der Waals surface area contributed by atoms with Gasteiger partial charge in [-0.3, -0.25) is 24.5 Å². The summed E-state index contributed by atoms with van der Waals surface area (Å²) in [6.07, 6.45) is 1.53. The highest BCUT2D eigenvalue weighted by atomic mass is 32.2. The van der Waals surface area contributed by atoms with Crippen LogP contribution in [0.5, 0.6) is 5.75 Å². The van der Waals surface area contributed by atoms with Gasteiger partial charge in [0.15, 0.2) is 6.61 Å². The summed E-state index contributed by atoms with van der Waals surface area (Å²) in [6.45, 7) is -0.362. The van der Waals surface area contributed by atoms with Gasteiger partial charge >= 0.3 is 11.9 Å². The number of ether oxygens (including phenoxy) is 3. The average Bonchev–Trinajstić information content (AvgIpc) is 3.06. The van der Waals surface area contributed by atoms with E-state index in [0.29, 0.717) is 11.3 Å². The minimum absolute atomic E-state index is 0.0303. The zero-order valence-electron chi connectivity index (χ0n) is 16.3. The maximum atomic E-state index is 12.1. The van der Waals surface area contributed by atoms with Crippen LogP contribution in [0.2, 0.25) is 0 Å². The molecule has 3 amide bonds. The van der Waals surface area contributed by atoms with E-state index in [1.807, 2.05) is 0 Å². The Morgan fingerprint density at radius 1 is 1.13 bits per heavy atom. The smallest absolute Gasteiger partial charge is 0.328 e. The lowest BCUT2D eigenvalue weighted by Gasteiger charge is -2.16. The van der Waals surface area contributed by atoms with Gasteiger partial charge < -0.3 is 19.5 Å². The number of amides is 3. The van der Waals surface area contributed by atoms with Crippen LogP contribution < -0.4 is 15.4 Å². The van der Waals surface area contributed by atoms with Crippen molar-refractivity contribution >= 4 is 46.8 Å². The van der Waals surface area contributed by atoms with Gasteiger partial charge in [0.1, 0.15) is 11.8 Å². The van der Waals surface area contributed by atoms with Crippen LogP contribution in [-0.2, 0) is 28.7 Å². The molecule has 1 aromatic carbocycles. The van der Waals surface area contributed by atoms with Crippen LogP contribution in [0.25, 0.3) is 6.08 Å². The van der Waals surface area contributed by atoms with E-state index in [2.05, 4.69) is 20.1 Å². The molecule has 0 unspecified atom stereocenters. The molecular weight excluding hydrogens is 416 g/mol. The van der Waals surface area contributed by atoms with E-state index >= 15 is 0 Å². The highest BCUT2D eigenvalue weighted by Gasteiger charge is 2.25. The molecule has 160 valence electrons. The summed E-state index contributed by atoms with van der Waals surface area (Å²) in [7, 11) is 2.40. The van der Waals surface area contributed by atoms with Crippen molar-refractivity contribution < 1.29 is 38.2 Å². The van der Waals surface area contributed by atoms with Gasteiger partial charge in [0, 0.05) is 6.42 Å². The topological polar surface area (TPSA) is 137 Å². The van der Waals surface area contributed by atoms with E-state index in [0.717, 1.165) is 11.8 Å². The lowest BCUT2D eigenvalue weighted by atomic mass is 10.1. The fourth-order valence-electron chi connectivity index (χ4n) is 2.37. The first-order chi connectivity index (χ1) is 14.3. The zero-order chi connectivity index (χ0) is 22.1. The van der Waals surface area contributed by atoms with Crippen molar-refractivity contribution in [3.63, 3.8) is 0 Å². The van der Waals surface area contributed by atoms with E-state index in [-0.39, 0.29) is 24.4 Å². The molecule has 11 heteroatoms. The number of benzene rings is 1. The average molecular weight is 436 g/mol. The van der Waals surface area contributed by atoms with E-state index in [1.165, 1.54) is 14.2 Å². The molecule has 1 aliphatic heterocycles. The van der Waals surface area contributed by atoms with Crippen molar-refractivity contribution in [2.24, 2.45) is 0 Å². The van der Waals surface area contributed by atoms with E-state index in [1.54, 1.807) is 30.3 Å². The molecule has 1 heterocycles. The highest BCUT2D eigenvalue weighted by molar-refractivity contribution is 8.18. The maximum Gasteiger partial charge on any atom is 0.328 e. The third kappa shape index (κ3) is 6.92. The molecule has 0 aromatic heterocycles. The molecule has 10 nitrogen and oxygen atoms in total. The first-order valence-electron chi connectivity index (χ1n) is 8.74. The molecule has 0 saturated carbocycles. The Bertz CT molecular complexity index is 866. The number of methoxy groups -OCH3 is 2. The Hall–Kier alpha value is -3.34. The normalized spacial score (nSPS) is 15.3. The molecule has 2 N–H and O–H groups in total. The second-order valence-corrected chi connectivity index (χ2v) is 6.98.